The fourth-order valence-corrected chi connectivity index (χ4v) is 4.14. The number of aromatic nitrogens is 1. The zero-order valence-electron chi connectivity index (χ0n) is 15.9. The fraction of sp³-hybridized carbons (Fsp3) is 0.348. The van der Waals surface area contributed by atoms with E-state index in [4.69, 9.17) is 4.52 Å². The Hall–Kier alpha value is -2.11. The molecule has 1 saturated heterocycles. The number of aromatic hydroxyl groups is 1. The van der Waals surface area contributed by atoms with Crippen LogP contribution in [0.4, 0.5) is 0 Å². The number of nitrogens with one attached hydrogen (secondary N) is 1. The molecule has 1 fully saturated rings. The maximum Gasteiger partial charge on any atom is 0.255 e. The maximum absolute atomic E-state index is 10.3. The molecule has 2 N–H and O–H groups in total. The zero-order chi connectivity index (χ0) is 18.5. The highest BCUT2D eigenvalue weighted by Crippen LogP contribution is 2.36. The van der Waals surface area contributed by atoms with Crippen LogP contribution in [0, 0.1) is 0 Å². The average molecular weight is 443 g/mol. The Labute approximate surface area is 176 Å². The molecule has 0 aliphatic carbocycles. The summed E-state index contributed by atoms with van der Waals surface area (Å²) < 4.78 is 5.55. The lowest BCUT2D eigenvalue weighted by Crippen LogP contribution is -2.26. The van der Waals surface area contributed by atoms with Crippen molar-refractivity contribution in [3.63, 3.8) is 0 Å². The van der Waals surface area contributed by atoms with Gasteiger partial charge in [-0.3, -0.25) is 0 Å². The summed E-state index contributed by atoms with van der Waals surface area (Å²) >= 11 is 0. The van der Waals surface area contributed by atoms with Crippen LogP contribution < -0.4 is 5.32 Å². The Balaban J connectivity index is 0.00000225. The van der Waals surface area contributed by atoms with E-state index >= 15 is 0 Å². The lowest BCUT2D eigenvalue weighted by Gasteiger charge is -2.22. The van der Waals surface area contributed by atoms with Crippen molar-refractivity contribution in [2.24, 2.45) is 0 Å². The summed E-state index contributed by atoms with van der Waals surface area (Å²) in [5.41, 5.74) is 3.48. The minimum atomic E-state index is 0. The third-order valence-corrected chi connectivity index (χ3v) is 5.59. The molecular formula is C23H27BrN2O2. The second-order valence-corrected chi connectivity index (χ2v) is 7.29. The monoisotopic (exact) mass is 442 g/mol. The van der Waals surface area contributed by atoms with Crippen molar-refractivity contribution >= 4 is 17.0 Å². The van der Waals surface area contributed by atoms with Gasteiger partial charge in [-0.25, -0.2) is 0 Å². The van der Waals surface area contributed by atoms with Crippen molar-refractivity contribution < 1.29 is 9.63 Å². The van der Waals surface area contributed by atoms with Crippen LogP contribution in [0.15, 0.2) is 65.2 Å². The highest BCUT2D eigenvalue weighted by molar-refractivity contribution is 8.93. The van der Waals surface area contributed by atoms with Crippen LogP contribution in [0.1, 0.15) is 53.5 Å². The normalized spacial score (nSPS) is 14.8. The van der Waals surface area contributed by atoms with Gasteiger partial charge in [0.25, 0.3) is 5.88 Å². The summed E-state index contributed by atoms with van der Waals surface area (Å²) in [6, 6.07) is 21.2. The van der Waals surface area contributed by atoms with Gasteiger partial charge in [-0.15, -0.1) is 17.0 Å². The maximum atomic E-state index is 10.3. The molecule has 0 radical (unpaired) electrons. The van der Waals surface area contributed by atoms with Gasteiger partial charge in [0.15, 0.2) is 0 Å². The quantitative estimate of drug-likeness (QED) is 0.551. The predicted molar refractivity (Wildman–Crippen MR) is 116 cm³/mol. The third kappa shape index (κ3) is 4.65. The Kier molecular flexibility index (Phi) is 7.29. The number of hydrogen-bond acceptors (Lipinski definition) is 4. The van der Waals surface area contributed by atoms with Crippen LogP contribution in [0.5, 0.6) is 5.88 Å². The molecule has 1 aromatic heterocycles. The molecule has 0 saturated carbocycles. The van der Waals surface area contributed by atoms with Gasteiger partial charge in [0, 0.05) is 11.8 Å². The Morgan fingerprint density at radius 3 is 2.11 bits per heavy atom. The minimum absolute atomic E-state index is 0. The van der Waals surface area contributed by atoms with E-state index < -0.39 is 0 Å². The molecular weight excluding hydrogens is 416 g/mol. The van der Waals surface area contributed by atoms with Crippen LogP contribution in [-0.2, 0) is 6.42 Å². The highest BCUT2D eigenvalue weighted by atomic mass is 79.9. The summed E-state index contributed by atoms with van der Waals surface area (Å²) in [7, 11) is 0. The van der Waals surface area contributed by atoms with Crippen molar-refractivity contribution in [1.29, 1.82) is 0 Å². The number of halogens is 1. The molecule has 0 atom stereocenters. The van der Waals surface area contributed by atoms with Gasteiger partial charge in [0.05, 0.1) is 5.56 Å². The van der Waals surface area contributed by atoms with Crippen LogP contribution in [-0.4, -0.2) is 23.4 Å². The summed E-state index contributed by atoms with van der Waals surface area (Å²) in [6.45, 7) is 1.98. The molecule has 1 aliphatic rings. The van der Waals surface area contributed by atoms with Gasteiger partial charge in [0.1, 0.15) is 5.76 Å². The van der Waals surface area contributed by atoms with Gasteiger partial charge in [-0.1, -0.05) is 60.7 Å². The van der Waals surface area contributed by atoms with Crippen LogP contribution in [0.25, 0.3) is 0 Å². The standard InChI is InChI=1S/C23H26N2O2.BrH/c26-23-21(22(27-25-23)19-13-15-24-16-14-19)12-11-20(17-7-3-1-4-8-17)18-9-5-2-6-10-18;/h1-10,19-20,24H,11-16H2,(H,25,26);1H. The zero-order valence-corrected chi connectivity index (χ0v) is 17.6. The van der Waals surface area contributed by atoms with Crippen molar-refractivity contribution in [3.05, 3.63) is 83.1 Å². The van der Waals surface area contributed by atoms with E-state index in [1.165, 1.54) is 11.1 Å². The number of benzene rings is 2. The number of piperidine rings is 1. The first-order valence-electron chi connectivity index (χ1n) is 9.81. The number of rotatable bonds is 6. The van der Waals surface area contributed by atoms with Crippen LogP contribution in [0.3, 0.4) is 0 Å². The molecule has 0 spiro atoms. The highest BCUT2D eigenvalue weighted by Gasteiger charge is 2.26. The molecule has 2 heterocycles. The number of hydrogen-bond donors (Lipinski definition) is 2. The molecule has 0 amide bonds. The first kappa shape index (κ1) is 20.6. The SMILES string of the molecule is Br.Oc1noc(C2CCNCC2)c1CCC(c1ccccc1)c1ccccc1. The van der Waals surface area contributed by atoms with E-state index in [9.17, 15) is 5.11 Å². The van der Waals surface area contributed by atoms with Gasteiger partial charge >= 0.3 is 0 Å². The van der Waals surface area contributed by atoms with Crippen molar-refractivity contribution in [2.75, 3.05) is 13.1 Å². The second-order valence-electron chi connectivity index (χ2n) is 7.29. The van der Waals surface area contributed by atoms with E-state index in [0.29, 0.717) is 5.92 Å². The summed E-state index contributed by atoms with van der Waals surface area (Å²) in [5, 5.41) is 17.6. The first-order chi connectivity index (χ1) is 13.3. The topological polar surface area (TPSA) is 58.3 Å². The Morgan fingerprint density at radius 1 is 0.964 bits per heavy atom. The van der Waals surface area contributed by atoms with Crippen LogP contribution in [0.2, 0.25) is 0 Å². The molecule has 28 heavy (non-hydrogen) atoms. The van der Waals surface area contributed by atoms with Gasteiger partial charge in [0.2, 0.25) is 0 Å². The molecule has 4 rings (SSSR count). The third-order valence-electron chi connectivity index (χ3n) is 5.59. The lowest BCUT2D eigenvalue weighted by molar-refractivity contribution is 0.308. The van der Waals surface area contributed by atoms with Crippen molar-refractivity contribution in [3.8, 4) is 5.88 Å². The lowest BCUT2D eigenvalue weighted by atomic mass is 9.85. The summed E-state index contributed by atoms with van der Waals surface area (Å²) in [4.78, 5) is 0. The molecule has 1 aliphatic heterocycles. The van der Waals surface area contributed by atoms with E-state index in [0.717, 1.165) is 50.1 Å². The predicted octanol–water partition coefficient (Wildman–Crippen LogP) is 5.19. The van der Waals surface area contributed by atoms with Gasteiger partial charge in [-0.05, 0) is 55.1 Å². The van der Waals surface area contributed by atoms with Gasteiger partial charge < -0.3 is 14.9 Å². The Morgan fingerprint density at radius 2 is 1.54 bits per heavy atom. The molecule has 0 bridgehead atoms. The Bertz CT molecular complexity index is 806. The smallest absolute Gasteiger partial charge is 0.255 e. The minimum Gasteiger partial charge on any atom is -0.491 e. The second kappa shape index (κ2) is 9.89. The molecule has 4 nitrogen and oxygen atoms in total. The average Bonchev–Trinajstić information content (AvgIpc) is 3.11. The summed E-state index contributed by atoms with van der Waals surface area (Å²) in [5.74, 6) is 1.57. The molecule has 2 aromatic carbocycles. The summed E-state index contributed by atoms with van der Waals surface area (Å²) in [6.07, 6.45) is 3.72. The van der Waals surface area contributed by atoms with E-state index in [2.05, 4.69) is 59.0 Å². The molecule has 5 heteroatoms. The van der Waals surface area contributed by atoms with Gasteiger partial charge in [-0.2, -0.15) is 0 Å². The van der Waals surface area contributed by atoms with E-state index in [-0.39, 0.29) is 28.8 Å². The molecule has 3 aromatic rings. The number of nitrogens with zero attached hydrogens (tertiary/aromatic N) is 1. The first-order valence-corrected chi connectivity index (χ1v) is 9.81. The molecule has 0 unspecified atom stereocenters. The van der Waals surface area contributed by atoms with Crippen molar-refractivity contribution in [1.82, 2.24) is 10.5 Å². The largest absolute Gasteiger partial charge is 0.491 e. The van der Waals surface area contributed by atoms with E-state index in [1.807, 2.05) is 12.1 Å². The fourth-order valence-electron chi connectivity index (χ4n) is 4.14. The van der Waals surface area contributed by atoms with E-state index in [1.54, 1.807) is 0 Å². The molecule has 148 valence electrons. The van der Waals surface area contributed by atoms with Crippen molar-refractivity contribution in [2.45, 2.75) is 37.5 Å². The van der Waals surface area contributed by atoms with Crippen LogP contribution >= 0.6 is 17.0 Å².